The molecular weight excluding hydrogens is 395 g/mol. The van der Waals surface area contributed by atoms with Crippen LogP contribution in [-0.2, 0) is 11.3 Å². The molecule has 0 bridgehead atoms. The van der Waals surface area contributed by atoms with E-state index in [2.05, 4.69) is 14.9 Å². The van der Waals surface area contributed by atoms with E-state index in [1.807, 2.05) is 27.7 Å². The third kappa shape index (κ3) is 5.64. The maximum Gasteiger partial charge on any atom is 0.410 e. The van der Waals surface area contributed by atoms with Crippen LogP contribution in [0.3, 0.4) is 0 Å². The lowest BCUT2D eigenvalue weighted by Crippen LogP contribution is -2.54. The molecule has 156 valence electrons. The number of halogens is 2. The highest BCUT2D eigenvalue weighted by Crippen LogP contribution is 2.24. The normalized spacial score (nSPS) is 18.0. The molecule has 3 rings (SSSR count). The highest BCUT2D eigenvalue weighted by Gasteiger charge is 2.30. The molecule has 1 aliphatic heterocycles. The number of piperazine rings is 1. The van der Waals surface area contributed by atoms with Gasteiger partial charge in [0.2, 0.25) is 5.28 Å². The Hall–Kier alpha value is -2.25. The molecule has 0 saturated carbocycles. The Kier molecular flexibility index (Phi) is 6.39. The van der Waals surface area contributed by atoms with Gasteiger partial charge in [0.05, 0.1) is 5.69 Å². The molecule has 1 aliphatic rings. The average molecular weight is 421 g/mol. The van der Waals surface area contributed by atoms with Gasteiger partial charge in [0, 0.05) is 49.5 Å². The predicted octanol–water partition coefficient (Wildman–Crippen LogP) is 4.38. The van der Waals surface area contributed by atoms with Crippen molar-refractivity contribution in [3.8, 4) is 11.3 Å². The SMILES string of the molecule is CC1CN(C(=O)OC(C)(C)C)CCN1Cc1cc(-c2ccnc(Cl)n2)ccc1F. The van der Waals surface area contributed by atoms with E-state index in [1.54, 1.807) is 29.3 Å². The Bertz CT molecular complexity index is 887. The van der Waals surface area contributed by atoms with Crippen LogP contribution in [0.2, 0.25) is 5.28 Å². The van der Waals surface area contributed by atoms with Crippen molar-refractivity contribution in [2.75, 3.05) is 19.6 Å². The molecule has 0 radical (unpaired) electrons. The van der Waals surface area contributed by atoms with E-state index in [0.717, 1.165) is 5.56 Å². The number of amides is 1. The van der Waals surface area contributed by atoms with E-state index >= 15 is 0 Å². The summed E-state index contributed by atoms with van der Waals surface area (Å²) in [7, 11) is 0. The summed E-state index contributed by atoms with van der Waals surface area (Å²) in [4.78, 5) is 24.3. The molecule has 0 aliphatic carbocycles. The van der Waals surface area contributed by atoms with Gasteiger partial charge in [0.1, 0.15) is 11.4 Å². The van der Waals surface area contributed by atoms with E-state index < -0.39 is 5.60 Å². The quantitative estimate of drug-likeness (QED) is 0.690. The molecule has 2 aromatic rings. The van der Waals surface area contributed by atoms with Crippen LogP contribution in [0.1, 0.15) is 33.3 Å². The Morgan fingerprint density at radius 1 is 1.31 bits per heavy atom. The van der Waals surface area contributed by atoms with Gasteiger partial charge in [0.15, 0.2) is 0 Å². The van der Waals surface area contributed by atoms with Crippen LogP contribution in [0, 0.1) is 5.82 Å². The largest absolute Gasteiger partial charge is 0.444 e. The molecule has 1 aromatic carbocycles. The molecule has 6 nitrogen and oxygen atoms in total. The van der Waals surface area contributed by atoms with Crippen molar-refractivity contribution in [2.45, 2.75) is 45.9 Å². The van der Waals surface area contributed by atoms with E-state index in [0.29, 0.717) is 37.4 Å². The topological polar surface area (TPSA) is 58.6 Å². The number of aromatic nitrogens is 2. The Labute approximate surface area is 175 Å². The van der Waals surface area contributed by atoms with Crippen LogP contribution >= 0.6 is 11.6 Å². The van der Waals surface area contributed by atoms with Crippen molar-refractivity contribution in [3.63, 3.8) is 0 Å². The molecule has 2 heterocycles. The van der Waals surface area contributed by atoms with Crippen molar-refractivity contribution in [3.05, 3.63) is 47.1 Å². The molecule has 1 aromatic heterocycles. The summed E-state index contributed by atoms with van der Waals surface area (Å²) in [6.07, 6.45) is 1.27. The lowest BCUT2D eigenvalue weighted by atomic mass is 10.1. The fraction of sp³-hybridized carbons (Fsp3) is 0.476. The van der Waals surface area contributed by atoms with E-state index in [9.17, 15) is 9.18 Å². The molecule has 1 fully saturated rings. The zero-order valence-electron chi connectivity index (χ0n) is 17.2. The van der Waals surface area contributed by atoms with Crippen LogP contribution in [0.4, 0.5) is 9.18 Å². The van der Waals surface area contributed by atoms with Gasteiger partial charge in [-0.2, -0.15) is 0 Å². The maximum absolute atomic E-state index is 14.5. The number of rotatable bonds is 3. The summed E-state index contributed by atoms with van der Waals surface area (Å²) in [5.41, 5.74) is 1.49. The number of nitrogens with zero attached hydrogens (tertiary/aromatic N) is 4. The van der Waals surface area contributed by atoms with Crippen molar-refractivity contribution in [2.24, 2.45) is 0 Å². The van der Waals surface area contributed by atoms with Crippen molar-refractivity contribution >= 4 is 17.7 Å². The number of hydrogen-bond acceptors (Lipinski definition) is 5. The van der Waals surface area contributed by atoms with Crippen LogP contribution in [0.25, 0.3) is 11.3 Å². The van der Waals surface area contributed by atoms with Gasteiger partial charge >= 0.3 is 6.09 Å². The van der Waals surface area contributed by atoms with Gasteiger partial charge in [-0.1, -0.05) is 0 Å². The number of ether oxygens (including phenoxy) is 1. The fourth-order valence-electron chi connectivity index (χ4n) is 3.29. The molecule has 29 heavy (non-hydrogen) atoms. The predicted molar refractivity (Wildman–Crippen MR) is 110 cm³/mol. The van der Waals surface area contributed by atoms with Gasteiger partial charge in [-0.25, -0.2) is 19.2 Å². The second-order valence-corrected chi connectivity index (χ2v) is 8.60. The standard InChI is InChI=1S/C21H26ClFN4O2/c1-14-12-27(20(28)29-21(2,3)4)10-9-26(14)13-16-11-15(5-6-17(16)23)18-7-8-24-19(22)25-18/h5-8,11,14H,9-10,12-13H2,1-4H3. The van der Waals surface area contributed by atoms with E-state index in [4.69, 9.17) is 16.3 Å². The zero-order chi connectivity index (χ0) is 21.2. The minimum absolute atomic E-state index is 0.0767. The molecular formula is C21H26ClFN4O2. The second kappa shape index (κ2) is 8.63. The highest BCUT2D eigenvalue weighted by atomic mass is 35.5. The molecule has 0 N–H and O–H groups in total. The van der Waals surface area contributed by atoms with E-state index in [1.165, 1.54) is 6.07 Å². The fourth-order valence-corrected chi connectivity index (χ4v) is 3.44. The van der Waals surface area contributed by atoms with Crippen LogP contribution in [0.5, 0.6) is 0 Å². The Morgan fingerprint density at radius 2 is 2.07 bits per heavy atom. The smallest absolute Gasteiger partial charge is 0.410 e. The summed E-state index contributed by atoms with van der Waals surface area (Å²) in [5.74, 6) is -0.268. The van der Waals surface area contributed by atoms with Crippen LogP contribution < -0.4 is 0 Å². The Balaban J connectivity index is 1.69. The van der Waals surface area contributed by atoms with Gasteiger partial charge in [-0.05, 0) is 63.6 Å². The molecule has 0 spiro atoms. The maximum atomic E-state index is 14.5. The van der Waals surface area contributed by atoms with Gasteiger partial charge in [-0.15, -0.1) is 0 Å². The lowest BCUT2D eigenvalue weighted by molar-refractivity contribution is 0.00446. The molecule has 1 amide bonds. The van der Waals surface area contributed by atoms with Gasteiger partial charge < -0.3 is 9.64 Å². The van der Waals surface area contributed by atoms with Crippen molar-refractivity contribution in [1.82, 2.24) is 19.8 Å². The first-order valence-electron chi connectivity index (χ1n) is 9.62. The summed E-state index contributed by atoms with van der Waals surface area (Å²) in [6, 6.07) is 6.74. The number of benzene rings is 1. The summed E-state index contributed by atoms with van der Waals surface area (Å²) in [5, 5.41) is 0.153. The Morgan fingerprint density at radius 3 is 2.72 bits per heavy atom. The average Bonchev–Trinajstić information content (AvgIpc) is 2.63. The minimum atomic E-state index is -0.523. The van der Waals surface area contributed by atoms with Gasteiger partial charge in [-0.3, -0.25) is 4.90 Å². The minimum Gasteiger partial charge on any atom is -0.444 e. The van der Waals surface area contributed by atoms with E-state index in [-0.39, 0.29) is 23.2 Å². The van der Waals surface area contributed by atoms with Crippen molar-refractivity contribution in [1.29, 1.82) is 0 Å². The van der Waals surface area contributed by atoms with Crippen LogP contribution in [0.15, 0.2) is 30.5 Å². The third-order valence-corrected chi connectivity index (χ3v) is 4.94. The summed E-state index contributed by atoms with van der Waals surface area (Å²) in [6.45, 7) is 9.76. The molecule has 8 heteroatoms. The summed E-state index contributed by atoms with van der Waals surface area (Å²) >= 11 is 5.87. The van der Waals surface area contributed by atoms with Crippen LogP contribution in [-0.4, -0.2) is 57.1 Å². The molecule has 1 saturated heterocycles. The second-order valence-electron chi connectivity index (χ2n) is 8.26. The summed E-state index contributed by atoms with van der Waals surface area (Å²) < 4.78 is 19.9. The van der Waals surface area contributed by atoms with Crippen molar-refractivity contribution < 1.29 is 13.9 Å². The lowest BCUT2D eigenvalue weighted by Gasteiger charge is -2.40. The monoisotopic (exact) mass is 420 g/mol. The van der Waals surface area contributed by atoms with Gasteiger partial charge in [0.25, 0.3) is 0 Å². The first kappa shape index (κ1) is 21.5. The number of carbonyl (C=O) groups excluding carboxylic acids is 1. The number of hydrogen-bond donors (Lipinski definition) is 0. The first-order chi connectivity index (χ1) is 13.6. The highest BCUT2D eigenvalue weighted by molar-refractivity contribution is 6.28. The first-order valence-corrected chi connectivity index (χ1v) is 9.99. The molecule has 1 atom stereocenters. The number of carbonyl (C=O) groups is 1. The third-order valence-electron chi connectivity index (χ3n) is 4.76. The molecule has 1 unspecified atom stereocenters. The zero-order valence-corrected chi connectivity index (χ0v) is 17.9.